The van der Waals surface area contributed by atoms with Gasteiger partial charge in [-0.2, -0.15) is 0 Å². The zero-order chi connectivity index (χ0) is 15.1. The molecule has 5 heteroatoms. The van der Waals surface area contributed by atoms with Gasteiger partial charge in [-0.05, 0) is 37.8 Å². The first kappa shape index (κ1) is 15.6. The second-order valence-electron chi connectivity index (χ2n) is 5.60. The van der Waals surface area contributed by atoms with Gasteiger partial charge >= 0.3 is 0 Å². The number of hydrogen-bond donors (Lipinski definition) is 2. The fourth-order valence-electron chi connectivity index (χ4n) is 2.37. The second-order valence-corrected chi connectivity index (χ2v) is 5.60. The molecule has 0 saturated carbocycles. The van der Waals surface area contributed by atoms with Crippen molar-refractivity contribution in [2.45, 2.75) is 45.7 Å². The summed E-state index contributed by atoms with van der Waals surface area (Å²) in [7, 11) is 1.80. The lowest BCUT2D eigenvalue weighted by atomic mass is 10.2. The lowest BCUT2D eigenvalue weighted by Gasteiger charge is -2.18. The smallest absolute Gasteiger partial charge is 0.191 e. The number of hydrogen-bond acceptors (Lipinski definition) is 3. The first-order chi connectivity index (χ1) is 10.2. The molecule has 1 fully saturated rings. The highest BCUT2D eigenvalue weighted by molar-refractivity contribution is 5.79. The van der Waals surface area contributed by atoms with Crippen LogP contribution in [0, 0.1) is 0 Å². The van der Waals surface area contributed by atoms with Gasteiger partial charge in [0.25, 0.3) is 0 Å². The van der Waals surface area contributed by atoms with Crippen molar-refractivity contribution in [3.05, 3.63) is 23.9 Å². The van der Waals surface area contributed by atoms with Crippen molar-refractivity contribution < 1.29 is 0 Å². The number of guanidine groups is 1. The molecule has 0 aliphatic carbocycles. The molecule has 5 nitrogen and oxygen atoms in total. The Labute approximate surface area is 127 Å². The van der Waals surface area contributed by atoms with E-state index in [1.807, 2.05) is 6.20 Å². The molecule has 1 aliphatic rings. The van der Waals surface area contributed by atoms with Gasteiger partial charge < -0.3 is 15.5 Å². The van der Waals surface area contributed by atoms with E-state index >= 15 is 0 Å². The van der Waals surface area contributed by atoms with E-state index in [9.17, 15) is 0 Å². The number of nitrogens with zero attached hydrogens (tertiary/aromatic N) is 3. The Balaban J connectivity index is 1.85. The quantitative estimate of drug-likeness (QED) is 0.644. The average molecular weight is 289 g/mol. The third kappa shape index (κ3) is 4.62. The minimum absolute atomic E-state index is 0.423. The maximum atomic E-state index is 4.57. The summed E-state index contributed by atoms with van der Waals surface area (Å²) in [5, 5.41) is 6.68. The van der Waals surface area contributed by atoms with Crippen LogP contribution in [0.2, 0.25) is 0 Å². The van der Waals surface area contributed by atoms with E-state index in [0.29, 0.717) is 6.04 Å². The van der Waals surface area contributed by atoms with Crippen LogP contribution in [0.1, 0.15) is 38.7 Å². The molecule has 2 heterocycles. The summed E-state index contributed by atoms with van der Waals surface area (Å²) in [5.41, 5.74) is 1.17. The van der Waals surface area contributed by atoms with E-state index in [-0.39, 0.29) is 0 Å². The van der Waals surface area contributed by atoms with E-state index in [1.54, 1.807) is 7.05 Å². The summed E-state index contributed by atoms with van der Waals surface area (Å²) < 4.78 is 0. The summed E-state index contributed by atoms with van der Waals surface area (Å²) >= 11 is 0. The molecule has 0 spiro atoms. The third-order valence-corrected chi connectivity index (χ3v) is 3.92. The van der Waals surface area contributed by atoms with Crippen molar-refractivity contribution in [1.82, 2.24) is 15.6 Å². The molecule has 1 atom stereocenters. The SMILES string of the molecule is CCC(C)NC(=NC)NCc1ccc(N2CCCC2)nc1. The predicted molar refractivity (Wildman–Crippen MR) is 88.8 cm³/mol. The van der Waals surface area contributed by atoms with Crippen LogP contribution < -0.4 is 15.5 Å². The van der Waals surface area contributed by atoms with Gasteiger partial charge in [0.1, 0.15) is 5.82 Å². The number of pyridine rings is 1. The normalized spacial score (nSPS) is 16.9. The molecule has 1 aromatic heterocycles. The van der Waals surface area contributed by atoms with E-state index in [1.165, 1.54) is 18.4 Å². The van der Waals surface area contributed by atoms with Crippen molar-refractivity contribution in [2.24, 2.45) is 4.99 Å². The van der Waals surface area contributed by atoms with Crippen molar-refractivity contribution in [1.29, 1.82) is 0 Å². The molecule has 2 N–H and O–H groups in total. The molecule has 21 heavy (non-hydrogen) atoms. The number of nitrogens with one attached hydrogen (secondary N) is 2. The lowest BCUT2D eigenvalue weighted by molar-refractivity contribution is 0.624. The first-order valence-electron chi connectivity index (χ1n) is 7.90. The van der Waals surface area contributed by atoms with Gasteiger partial charge in [-0.1, -0.05) is 13.0 Å². The highest BCUT2D eigenvalue weighted by atomic mass is 15.2. The lowest BCUT2D eigenvalue weighted by Crippen LogP contribution is -2.41. The molecule has 1 aliphatic heterocycles. The number of rotatable bonds is 5. The van der Waals surface area contributed by atoms with Crippen molar-refractivity contribution >= 4 is 11.8 Å². The number of aromatic nitrogens is 1. The van der Waals surface area contributed by atoms with Crippen LogP contribution in [0.3, 0.4) is 0 Å². The van der Waals surface area contributed by atoms with E-state index in [4.69, 9.17) is 0 Å². The maximum Gasteiger partial charge on any atom is 0.191 e. The molecule has 1 saturated heterocycles. The molecule has 2 rings (SSSR count). The molecule has 0 aromatic carbocycles. The molecule has 1 unspecified atom stereocenters. The molecule has 116 valence electrons. The van der Waals surface area contributed by atoms with Crippen molar-refractivity contribution in [3.8, 4) is 0 Å². The summed E-state index contributed by atoms with van der Waals surface area (Å²) in [6.45, 7) is 7.32. The topological polar surface area (TPSA) is 52.6 Å². The Bertz CT molecular complexity index is 448. The van der Waals surface area contributed by atoms with Gasteiger partial charge in [0.15, 0.2) is 5.96 Å². The zero-order valence-corrected chi connectivity index (χ0v) is 13.4. The van der Waals surface area contributed by atoms with Gasteiger partial charge in [0, 0.05) is 38.9 Å². The van der Waals surface area contributed by atoms with Crippen LogP contribution in [-0.4, -0.2) is 37.1 Å². The molecule has 0 amide bonds. The molecular formula is C16H27N5. The van der Waals surface area contributed by atoms with Gasteiger partial charge in [0.2, 0.25) is 0 Å². The van der Waals surface area contributed by atoms with Crippen LogP contribution in [0.15, 0.2) is 23.3 Å². The third-order valence-electron chi connectivity index (χ3n) is 3.92. The van der Waals surface area contributed by atoms with E-state index in [0.717, 1.165) is 37.8 Å². The maximum absolute atomic E-state index is 4.57. The Morgan fingerprint density at radius 1 is 1.38 bits per heavy atom. The Kier molecular flexibility index (Phi) is 5.84. The number of anilines is 1. The minimum atomic E-state index is 0.423. The summed E-state index contributed by atoms with van der Waals surface area (Å²) in [6, 6.07) is 4.68. The second kappa shape index (κ2) is 7.86. The molecule has 1 aromatic rings. The summed E-state index contributed by atoms with van der Waals surface area (Å²) in [6.07, 6.45) is 5.59. The minimum Gasteiger partial charge on any atom is -0.357 e. The Morgan fingerprint density at radius 2 is 2.14 bits per heavy atom. The first-order valence-corrected chi connectivity index (χ1v) is 7.90. The highest BCUT2D eigenvalue weighted by Crippen LogP contribution is 2.17. The molecule has 0 radical (unpaired) electrons. The van der Waals surface area contributed by atoms with Crippen LogP contribution in [0.4, 0.5) is 5.82 Å². The standard InChI is InChI=1S/C16H27N5/c1-4-13(2)20-16(17-3)19-12-14-7-8-15(18-11-14)21-9-5-6-10-21/h7-8,11,13H,4-6,9-10,12H2,1-3H3,(H2,17,19,20). The zero-order valence-electron chi connectivity index (χ0n) is 13.4. The molecule has 0 bridgehead atoms. The molecular weight excluding hydrogens is 262 g/mol. The Morgan fingerprint density at radius 3 is 2.71 bits per heavy atom. The fourth-order valence-corrected chi connectivity index (χ4v) is 2.37. The monoisotopic (exact) mass is 289 g/mol. The van der Waals surface area contributed by atoms with Crippen LogP contribution >= 0.6 is 0 Å². The largest absolute Gasteiger partial charge is 0.357 e. The van der Waals surface area contributed by atoms with Crippen molar-refractivity contribution in [3.63, 3.8) is 0 Å². The summed E-state index contributed by atoms with van der Waals surface area (Å²) in [4.78, 5) is 11.2. The van der Waals surface area contributed by atoms with Gasteiger partial charge in [-0.15, -0.1) is 0 Å². The van der Waals surface area contributed by atoms with Gasteiger partial charge in [-0.3, -0.25) is 4.99 Å². The van der Waals surface area contributed by atoms with E-state index < -0.39 is 0 Å². The van der Waals surface area contributed by atoms with Crippen LogP contribution in [-0.2, 0) is 6.54 Å². The fraction of sp³-hybridized carbons (Fsp3) is 0.625. The van der Waals surface area contributed by atoms with Gasteiger partial charge in [-0.25, -0.2) is 4.98 Å². The Hall–Kier alpha value is -1.78. The number of aliphatic imine (C=N–C) groups is 1. The predicted octanol–water partition coefficient (Wildman–Crippen LogP) is 2.15. The van der Waals surface area contributed by atoms with Crippen LogP contribution in [0.25, 0.3) is 0 Å². The van der Waals surface area contributed by atoms with Gasteiger partial charge in [0.05, 0.1) is 0 Å². The van der Waals surface area contributed by atoms with Crippen molar-refractivity contribution in [2.75, 3.05) is 25.0 Å². The average Bonchev–Trinajstić information content (AvgIpc) is 3.06. The van der Waals surface area contributed by atoms with E-state index in [2.05, 4.69) is 51.5 Å². The highest BCUT2D eigenvalue weighted by Gasteiger charge is 2.12. The summed E-state index contributed by atoms with van der Waals surface area (Å²) in [5.74, 6) is 1.94. The van der Waals surface area contributed by atoms with Crippen LogP contribution in [0.5, 0.6) is 0 Å².